The van der Waals surface area contributed by atoms with Crippen LogP contribution in [-0.2, 0) is 12.7 Å². The van der Waals surface area contributed by atoms with Crippen molar-refractivity contribution in [1.29, 1.82) is 0 Å². The van der Waals surface area contributed by atoms with Crippen LogP contribution in [0.3, 0.4) is 0 Å². The average molecular weight is 242 g/mol. The highest BCUT2D eigenvalue weighted by atomic mass is 19.4. The molecule has 0 saturated heterocycles. The highest BCUT2D eigenvalue weighted by molar-refractivity contribution is 5.59. The average Bonchev–Trinajstić information content (AvgIpc) is 2.76. The van der Waals surface area contributed by atoms with Gasteiger partial charge in [-0.25, -0.2) is 0 Å². The molecule has 17 heavy (non-hydrogen) atoms. The van der Waals surface area contributed by atoms with E-state index in [-0.39, 0.29) is 6.54 Å². The summed E-state index contributed by atoms with van der Waals surface area (Å²) < 4.78 is 41.9. The van der Waals surface area contributed by atoms with Gasteiger partial charge in [-0.3, -0.25) is 0 Å². The summed E-state index contributed by atoms with van der Waals surface area (Å²) in [5.41, 5.74) is 5.68. The number of hydrogen-bond acceptors (Lipinski definition) is 3. The van der Waals surface area contributed by atoms with Crippen LogP contribution in [0.15, 0.2) is 34.9 Å². The first-order chi connectivity index (χ1) is 8.00. The van der Waals surface area contributed by atoms with Gasteiger partial charge in [0.15, 0.2) is 5.76 Å². The molecule has 2 N–H and O–H groups in total. The van der Waals surface area contributed by atoms with E-state index in [0.29, 0.717) is 17.0 Å². The predicted molar refractivity (Wildman–Crippen MR) is 54.8 cm³/mol. The first-order valence-corrected chi connectivity index (χ1v) is 4.84. The third-order valence-electron chi connectivity index (χ3n) is 2.27. The van der Waals surface area contributed by atoms with Gasteiger partial charge in [0.25, 0.3) is 0 Å². The Bertz CT molecular complexity index is 502. The Hall–Kier alpha value is -1.82. The van der Waals surface area contributed by atoms with E-state index in [1.807, 2.05) is 0 Å². The van der Waals surface area contributed by atoms with Crippen LogP contribution >= 0.6 is 0 Å². The van der Waals surface area contributed by atoms with E-state index in [2.05, 4.69) is 5.16 Å². The van der Waals surface area contributed by atoms with E-state index in [1.165, 1.54) is 12.1 Å². The first-order valence-electron chi connectivity index (χ1n) is 4.84. The van der Waals surface area contributed by atoms with Crippen molar-refractivity contribution in [3.63, 3.8) is 0 Å². The Balaban J connectivity index is 2.29. The zero-order valence-corrected chi connectivity index (χ0v) is 8.66. The van der Waals surface area contributed by atoms with Crippen molar-refractivity contribution in [2.75, 3.05) is 0 Å². The number of alkyl halides is 3. The normalized spacial score (nSPS) is 11.8. The molecule has 0 fully saturated rings. The Morgan fingerprint density at radius 2 is 1.82 bits per heavy atom. The van der Waals surface area contributed by atoms with E-state index in [4.69, 9.17) is 10.3 Å². The highest BCUT2D eigenvalue weighted by Gasteiger charge is 2.30. The quantitative estimate of drug-likeness (QED) is 0.880. The summed E-state index contributed by atoms with van der Waals surface area (Å²) in [6.07, 6.45) is -4.33. The summed E-state index contributed by atoms with van der Waals surface area (Å²) in [5, 5.41) is 3.71. The lowest BCUT2D eigenvalue weighted by Gasteiger charge is -2.06. The number of nitrogens with zero attached hydrogens (tertiary/aromatic N) is 1. The number of rotatable bonds is 2. The summed E-state index contributed by atoms with van der Waals surface area (Å²) in [6, 6.07) is 6.31. The fraction of sp³-hybridized carbons (Fsp3) is 0.182. The zero-order valence-electron chi connectivity index (χ0n) is 8.66. The van der Waals surface area contributed by atoms with Gasteiger partial charge in [0.1, 0.15) is 5.69 Å². The molecule has 6 heteroatoms. The van der Waals surface area contributed by atoms with E-state index in [9.17, 15) is 13.2 Å². The van der Waals surface area contributed by atoms with E-state index in [0.717, 1.165) is 12.1 Å². The molecule has 0 aliphatic carbocycles. The molecule has 0 unspecified atom stereocenters. The van der Waals surface area contributed by atoms with Gasteiger partial charge in [-0.15, -0.1) is 0 Å². The second-order valence-electron chi connectivity index (χ2n) is 3.46. The minimum atomic E-state index is -4.33. The highest BCUT2D eigenvalue weighted by Crippen LogP contribution is 2.30. The van der Waals surface area contributed by atoms with Gasteiger partial charge in [-0.2, -0.15) is 13.2 Å². The van der Waals surface area contributed by atoms with Crippen LogP contribution < -0.4 is 5.73 Å². The zero-order chi connectivity index (χ0) is 12.5. The maximum absolute atomic E-state index is 12.3. The predicted octanol–water partition coefficient (Wildman–Crippen LogP) is 2.82. The van der Waals surface area contributed by atoms with Crippen molar-refractivity contribution in [3.05, 3.63) is 41.7 Å². The largest absolute Gasteiger partial charge is 0.416 e. The van der Waals surface area contributed by atoms with Crippen LogP contribution in [0.5, 0.6) is 0 Å². The maximum atomic E-state index is 12.3. The number of hydrogen-bond donors (Lipinski definition) is 1. The van der Waals surface area contributed by atoms with Crippen LogP contribution in [0.2, 0.25) is 0 Å². The van der Waals surface area contributed by atoms with Crippen molar-refractivity contribution in [3.8, 4) is 11.3 Å². The molecule has 0 bridgehead atoms. The molecular weight excluding hydrogens is 233 g/mol. The van der Waals surface area contributed by atoms with Gasteiger partial charge in [0, 0.05) is 11.6 Å². The van der Waals surface area contributed by atoms with Crippen molar-refractivity contribution < 1.29 is 17.7 Å². The standard InChI is InChI=1S/C11H9F3N2O/c12-11(13,14)8-3-1-7(2-4-8)10-5-9(6-15)17-16-10/h1-5H,6,15H2. The smallest absolute Gasteiger partial charge is 0.359 e. The molecule has 1 heterocycles. The van der Waals surface area contributed by atoms with Crippen molar-refractivity contribution >= 4 is 0 Å². The van der Waals surface area contributed by atoms with Crippen LogP contribution in [0, 0.1) is 0 Å². The van der Waals surface area contributed by atoms with Crippen molar-refractivity contribution in [2.24, 2.45) is 5.73 Å². The summed E-state index contributed by atoms with van der Waals surface area (Å²) in [4.78, 5) is 0. The molecule has 0 amide bonds. The minimum Gasteiger partial charge on any atom is -0.359 e. The number of halogens is 3. The molecule has 3 nitrogen and oxygen atoms in total. The Morgan fingerprint density at radius 3 is 2.29 bits per heavy atom. The van der Waals surface area contributed by atoms with Crippen molar-refractivity contribution in [1.82, 2.24) is 5.16 Å². The van der Waals surface area contributed by atoms with Crippen LogP contribution in [0.1, 0.15) is 11.3 Å². The summed E-state index contributed by atoms with van der Waals surface area (Å²) in [6.45, 7) is 0.202. The fourth-order valence-electron chi connectivity index (χ4n) is 1.38. The van der Waals surface area contributed by atoms with E-state index >= 15 is 0 Å². The molecule has 0 aliphatic heterocycles. The molecule has 0 radical (unpaired) electrons. The van der Waals surface area contributed by atoms with Gasteiger partial charge in [0.2, 0.25) is 0 Å². The molecule has 2 rings (SSSR count). The maximum Gasteiger partial charge on any atom is 0.416 e. The fourth-order valence-corrected chi connectivity index (χ4v) is 1.38. The number of benzene rings is 1. The monoisotopic (exact) mass is 242 g/mol. The van der Waals surface area contributed by atoms with E-state index in [1.54, 1.807) is 6.07 Å². The molecule has 0 spiro atoms. The molecule has 0 saturated carbocycles. The molecule has 2 aromatic rings. The Kier molecular flexibility index (Phi) is 2.89. The number of aromatic nitrogens is 1. The molecule has 1 aromatic heterocycles. The van der Waals surface area contributed by atoms with Crippen LogP contribution in [0.25, 0.3) is 11.3 Å². The van der Waals surface area contributed by atoms with Gasteiger partial charge in [-0.05, 0) is 12.1 Å². The Labute approximate surface area is 95.0 Å². The lowest BCUT2D eigenvalue weighted by molar-refractivity contribution is -0.137. The first kappa shape index (κ1) is 11.7. The topological polar surface area (TPSA) is 52.0 Å². The molecular formula is C11H9F3N2O. The Morgan fingerprint density at radius 1 is 1.18 bits per heavy atom. The van der Waals surface area contributed by atoms with Crippen LogP contribution in [-0.4, -0.2) is 5.16 Å². The second-order valence-corrected chi connectivity index (χ2v) is 3.46. The summed E-state index contributed by atoms with van der Waals surface area (Å²) in [5.74, 6) is 0.486. The molecule has 0 aliphatic rings. The molecule has 0 atom stereocenters. The van der Waals surface area contributed by atoms with Gasteiger partial charge in [0.05, 0.1) is 12.1 Å². The molecule has 90 valence electrons. The summed E-state index contributed by atoms with van der Waals surface area (Å²) in [7, 11) is 0. The van der Waals surface area contributed by atoms with Gasteiger partial charge < -0.3 is 10.3 Å². The molecule has 1 aromatic carbocycles. The van der Waals surface area contributed by atoms with Gasteiger partial charge in [-0.1, -0.05) is 17.3 Å². The third-order valence-corrected chi connectivity index (χ3v) is 2.27. The van der Waals surface area contributed by atoms with Gasteiger partial charge >= 0.3 is 6.18 Å². The summed E-state index contributed by atoms with van der Waals surface area (Å²) >= 11 is 0. The third kappa shape index (κ3) is 2.47. The lowest BCUT2D eigenvalue weighted by Crippen LogP contribution is -2.03. The van der Waals surface area contributed by atoms with Crippen LogP contribution in [0.4, 0.5) is 13.2 Å². The van der Waals surface area contributed by atoms with E-state index < -0.39 is 11.7 Å². The van der Waals surface area contributed by atoms with Crippen molar-refractivity contribution in [2.45, 2.75) is 12.7 Å². The number of nitrogens with two attached hydrogens (primary N) is 1. The minimum absolute atomic E-state index is 0.202. The second kappa shape index (κ2) is 4.21. The SMILES string of the molecule is NCc1cc(-c2ccc(C(F)(F)F)cc2)no1. The lowest BCUT2D eigenvalue weighted by atomic mass is 10.1.